The van der Waals surface area contributed by atoms with E-state index in [4.69, 9.17) is 0 Å². The van der Waals surface area contributed by atoms with Crippen molar-refractivity contribution < 1.29 is 0 Å². The molecule has 0 saturated heterocycles. The highest BCUT2D eigenvalue weighted by Crippen LogP contribution is 2.25. The fourth-order valence-corrected chi connectivity index (χ4v) is 2.62. The highest BCUT2D eigenvalue weighted by molar-refractivity contribution is 5.64. The molecule has 4 nitrogen and oxygen atoms in total. The summed E-state index contributed by atoms with van der Waals surface area (Å²) in [6, 6.07) is 6.29. The summed E-state index contributed by atoms with van der Waals surface area (Å²) in [5, 5.41) is 3.36. The van der Waals surface area contributed by atoms with Crippen LogP contribution in [0.2, 0.25) is 0 Å². The molecule has 1 N–H and O–H groups in total. The van der Waals surface area contributed by atoms with E-state index in [0.717, 1.165) is 24.6 Å². The van der Waals surface area contributed by atoms with Gasteiger partial charge in [0, 0.05) is 25.0 Å². The van der Waals surface area contributed by atoms with Crippen LogP contribution in [0.15, 0.2) is 24.4 Å². The number of rotatable bonds is 5. The van der Waals surface area contributed by atoms with Crippen LogP contribution in [0.25, 0.3) is 0 Å². The van der Waals surface area contributed by atoms with E-state index in [1.165, 1.54) is 16.7 Å². The van der Waals surface area contributed by atoms with Crippen molar-refractivity contribution in [3.8, 4) is 0 Å². The van der Waals surface area contributed by atoms with Crippen molar-refractivity contribution in [1.82, 2.24) is 9.97 Å². The van der Waals surface area contributed by atoms with E-state index in [1.807, 2.05) is 12.3 Å². The zero-order valence-corrected chi connectivity index (χ0v) is 13.6. The highest BCUT2D eigenvalue weighted by atomic mass is 15.2. The van der Waals surface area contributed by atoms with Gasteiger partial charge in [0.1, 0.15) is 5.82 Å². The monoisotopic (exact) mass is 284 g/mol. The molecule has 4 heteroatoms. The van der Waals surface area contributed by atoms with Crippen LogP contribution in [0.1, 0.15) is 30.5 Å². The Morgan fingerprint density at radius 1 is 1.05 bits per heavy atom. The molecule has 0 fully saturated rings. The van der Waals surface area contributed by atoms with Crippen molar-refractivity contribution in [2.75, 3.05) is 23.3 Å². The number of benzene rings is 1. The fraction of sp³-hybridized carbons (Fsp3) is 0.412. The first kappa shape index (κ1) is 15.3. The highest BCUT2D eigenvalue weighted by Gasteiger charge is 2.08. The number of anilines is 3. The number of aryl methyl sites for hydroxylation is 3. The van der Waals surface area contributed by atoms with Crippen LogP contribution in [0.4, 0.5) is 17.5 Å². The lowest BCUT2D eigenvalue weighted by molar-refractivity contribution is 0.843. The molecule has 0 amide bonds. The minimum atomic E-state index is 0.648. The largest absolute Gasteiger partial charge is 0.357 e. The first-order valence-corrected chi connectivity index (χ1v) is 7.48. The molecule has 0 radical (unpaired) electrons. The molecular weight excluding hydrogens is 260 g/mol. The maximum atomic E-state index is 4.62. The van der Waals surface area contributed by atoms with Crippen LogP contribution in [-0.4, -0.2) is 23.1 Å². The molecular formula is C17H24N4. The average molecular weight is 284 g/mol. The van der Waals surface area contributed by atoms with Gasteiger partial charge in [-0.15, -0.1) is 0 Å². The molecule has 1 aromatic heterocycles. The van der Waals surface area contributed by atoms with Crippen LogP contribution in [-0.2, 0) is 0 Å². The van der Waals surface area contributed by atoms with Gasteiger partial charge >= 0.3 is 0 Å². The van der Waals surface area contributed by atoms with Gasteiger partial charge in [0.15, 0.2) is 0 Å². The van der Waals surface area contributed by atoms with Gasteiger partial charge in [-0.2, -0.15) is 4.98 Å². The number of aromatic nitrogens is 2. The Morgan fingerprint density at radius 3 is 2.24 bits per heavy atom. The Kier molecular flexibility index (Phi) is 4.78. The van der Waals surface area contributed by atoms with E-state index in [9.17, 15) is 0 Å². The van der Waals surface area contributed by atoms with E-state index < -0.39 is 0 Å². The summed E-state index contributed by atoms with van der Waals surface area (Å²) in [6.45, 7) is 12.5. The minimum absolute atomic E-state index is 0.648. The Morgan fingerprint density at radius 2 is 1.67 bits per heavy atom. The summed E-state index contributed by atoms with van der Waals surface area (Å²) in [5.74, 6) is 1.61. The smallest absolute Gasteiger partial charge is 0.229 e. The zero-order valence-electron chi connectivity index (χ0n) is 13.6. The molecule has 21 heavy (non-hydrogen) atoms. The maximum absolute atomic E-state index is 4.62. The molecule has 0 aliphatic carbocycles. The SMILES string of the molecule is CCN(CC)c1ccnc(Nc2c(C)cc(C)cc2C)n1. The van der Waals surface area contributed by atoms with Crippen molar-refractivity contribution in [2.24, 2.45) is 0 Å². The molecule has 0 saturated carbocycles. The van der Waals surface area contributed by atoms with Gasteiger partial charge in [-0.25, -0.2) is 4.98 Å². The third-order valence-corrected chi connectivity index (χ3v) is 3.64. The molecule has 0 atom stereocenters. The lowest BCUT2D eigenvalue weighted by Crippen LogP contribution is -2.23. The molecule has 112 valence electrons. The first-order valence-electron chi connectivity index (χ1n) is 7.48. The van der Waals surface area contributed by atoms with Gasteiger partial charge in [0.2, 0.25) is 5.95 Å². The number of nitrogens with one attached hydrogen (secondary N) is 1. The van der Waals surface area contributed by atoms with E-state index >= 15 is 0 Å². The Labute approximate surface area is 127 Å². The molecule has 1 aromatic carbocycles. The molecule has 0 unspecified atom stereocenters. The van der Waals surface area contributed by atoms with Gasteiger partial charge in [0.05, 0.1) is 0 Å². The Bertz CT molecular complexity index is 595. The second-order valence-corrected chi connectivity index (χ2v) is 5.31. The Hall–Kier alpha value is -2.10. The van der Waals surface area contributed by atoms with Crippen LogP contribution in [0.5, 0.6) is 0 Å². The van der Waals surface area contributed by atoms with E-state index in [0.29, 0.717) is 5.95 Å². The molecule has 0 spiro atoms. The predicted octanol–water partition coefficient (Wildman–Crippen LogP) is 3.99. The van der Waals surface area contributed by atoms with Crippen molar-refractivity contribution in [3.63, 3.8) is 0 Å². The quantitative estimate of drug-likeness (QED) is 0.901. The predicted molar refractivity (Wildman–Crippen MR) is 89.5 cm³/mol. The number of hydrogen-bond acceptors (Lipinski definition) is 4. The maximum Gasteiger partial charge on any atom is 0.229 e. The summed E-state index contributed by atoms with van der Waals surface area (Å²) in [4.78, 5) is 11.2. The lowest BCUT2D eigenvalue weighted by Gasteiger charge is -2.20. The third kappa shape index (κ3) is 3.51. The summed E-state index contributed by atoms with van der Waals surface area (Å²) in [5.41, 5.74) is 4.79. The van der Waals surface area contributed by atoms with E-state index in [2.05, 4.69) is 66.9 Å². The fourth-order valence-electron chi connectivity index (χ4n) is 2.62. The van der Waals surface area contributed by atoms with Crippen molar-refractivity contribution in [3.05, 3.63) is 41.1 Å². The van der Waals surface area contributed by atoms with E-state index in [1.54, 1.807) is 0 Å². The van der Waals surface area contributed by atoms with Crippen LogP contribution in [0, 0.1) is 20.8 Å². The summed E-state index contributed by atoms with van der Waals surface area (Å²) < 4.78 is 0. The van der Waals surface area contributed by atoms with Gasteiger partial charge in [-0.05, 0) is 51.8 Å². The van der Waals surface area contributed by atoms with Crippen LogP contribution < -0.4 is 10.2 Å². The zero-order chi connectivity index (χ0) is 15.4. The molecule has 1 heterocycles. The molecule has 0 bridgehead atoms. The standard InChI is InChI=1S/C17H24N4/c1-6-21(7-2)15-8-9-18-17(19-15)20-16-13(4)10-12(3)11-14(16)5/h8-11H,6-7H2,1-5H3,(H,18,19,20). The molecule has 0 aliphatic rings. The van der Waals surface area contributed by atoms with Crippen LogP contribution in [0.3, 0.4) is 0 Å². The third-order valence-electron chi connectivity index (χ3n) is 3.64. The van der Waals surface area contributed by atoms with Crippen molar-refractivity contribution in [2.45, 2.75) is 34.6 Å². The lowest BCUT2D eigenvalue weighted by atomic mass is 10.1. The second-order valence-electron chi connectivity index (χ2n) is 5.31. The number of nitrogens with zero attached hydrogens (tertiary/aromatic N) is 3. The topological polar surface area (TPSA) is 41.1 Å². The summed E-state index contributed by atoms with van der Waals surface area (Å²) in [7, 11) is 0. The second kappa shape index (κ2) is 6.57. The van der Waals surface area contributed by atoms with Gasteiger partial charge in [-0.3, -0.25) is 0 Å². The van der Waals surface area contributed by atoms with Crippen molar-refractivity contribution in [1.29, 1.82) is 0 Å². The van der Waals surface area contributed by atoms with Gasteiger partial charge in [0.25, 0.3) is 0 Å². The van der Waals surface area contributed by atoms with Crippen LogP contribution >= 0.6 is 0 Å². The average Bonchev–Trinajstić information content (AvgIpc) is 2.45. The van der Waals surface area contributed by atoms with Crippen molar-refractivity contribution >= 4 is 17.5 Å². The Balaban J connectivity index is 2.30. The first-order chi connectivity index (χ1) is 10.0. The summed E-state index contributed by atoms with van der Waals surface area (Å²) >= 11 is 0. The van der Waals surface area contributed by atoms with Gasteiger partial charge in [-0.1, -0.05) is 17.7 Å². The molecule has 2 rings (SSSR count). The molecule has 0 aliphatic heterocycles. The summed E-state index contributed by atoms with van der Waals surface area (Å²) in [6.07, 6.45) is 1.81. The van der Waals surface area contributed by atoms with E-state index in [-0.39, 0.29) is 0 Å². The normalized spacial score (nSPS) is 10.5. The minimum Gasteiger partial charge on any atom is -0.357 e. The van der Waals surface area contributed by atoms with Gasteiger partial charge < -0.3 is 10.2 Å². The number of hydrogen-bond donors (Lipinski definition) is 1. The molecule has 2 aromatic rings.